The zero-order valence-electron chi connectivity index (χ0n) is 11.3. The molecule has 0 radical (unpaired) electrons. The van der Waals surface area contributed by atoms with Gasteiger partial charge in [0.1, 0.15) is 5.82 Å². The number of anilines is 1. The van der Waals surface area contributed by atoms with Gasteiger partial charge in [0.25, 0.3) is 0 Å². The Hall–Kier alpha value is -1.82. The van der Waals surface area contributed by atoms with E-state index in [4.69, 9.17) is 15.7 Å². The quantitative estimate of drug-likeness (QED) is 0.348. The molecule has 1 aliphatic rings. The van der Waals surface area contributed by atoms with Crippen LogP contribution in [0.3, 0.4) is 0 Å². The molecule has 1 aliphatic carbocycles. The minimum Gasteiger partial charge on any atom is -0.409 e. The molecule has 0 aliphatic heterocycles. The van der Waals surface area contributed by atoms with Gasteiger partial charge < -0.3 is 20.6 Å². The van der Waals surface area contributed by atoms with Gasteiger partial charge in [0.2, 0.25) is 0 Å². The molecule has 1 fully saturated rings. The molecule has 19 heavy (non-hydrogen) atoms. The fourth-order valence-corrected chi connectivity index (χ4v) is 2.05. The Morgan fingerprint density at radius 2 is 2.32 bits per heavy atom. The van der Waals surface area contributed by atoms with E-state index in [2.05, 4.69) is 15.0 Å². The van der Waals surface area contributed by atoms with Crippen molar-refractivity contribution < 1.29 is 9.94 Å². The molecule has 6 nitrogen and oxygen atoms in total. The monoisotopic (exact) mass is 264 g/mol. The number of nitrogens with two attached hydrogens (primary N) is 1. The molecule has 1 saturated carbocycles. The Morgan fingerprint density at radius 3 is 2.89 bits per heavy atom. The van der Waals surface area contributed by atoms with Crippen molar-refractivity contribution in [3.05, 3.63) is 23.4 Å². The maximum absolute atomic E-state index is 8.89. The molecule has 0 atom stereocenters. The smallest absolute Gasteiger partial charge is 0.173 e. The first-order valence-corrected chi connectivity index (χ1v) is 6.38. The van der Waals surface area contributed by atoms with Crippen LogP contribution in [0.25, 0.3) is 0 Å². The summed E-state index contributed by atoms with van der Waals surface area (Å²) < 4.78 is 5.15. The second-order valence-corrected chi connectivity index (χ2v) is 4.73. The number of ether oxygens (including phenoxy) is 1. The van der Waals surface area contributed by atoms with Crippen molar-refractivity contribution in [1.29, 1.82) is 0 Å². The maximum atomic E-state index is 8.89. The van der Waals surface area contributed by atoms with Crippen molar-refractivity contribution in [1.82, 2.24) is 4.98 Å². The van der Waals surface area contributed by atoms with Gasteiger partial charge in [-0.05, 0) is 31.9 Å². The second-order valence-electron chi connectivity index (χ2n) is 4.73. The van der Waals surface area contributed by atoms with Crippen LogP contribution in [-0.4, -0.2) is 42.3 Å². The number of aromatic nitrogens is 1. The molecule has 0 aromatic carbocycles. The number of hydrogen-bond donors (Lipinski definition) is 2. The summed E-state index contributed by atoms with van der Waals surface area (Å²) in [4.78, 5) is 6.74. The van der Waals surface area contributed by atoms with Gasteiger partial charge in [0.15, 0.2) is 5.84 Å². The lowest BCUT2D eigenvalue weighted by Crippen LogP contribution is -2.33. The van der Waals surface area contributed by atoms with Gasteiger partial charge in [-0.2, -0.15) is 0 Å². The van der Waals surface area contributed by atoms with Crippen LogP contribution in [-0.2, 0) is 4.74 Å². The van der Waals surface area contributed by atoms with E-state index in [-0.39, 0.29) is 5.84 Å². The predicted octanol–water partition coefficient (Wildman–Crippen LogP) is 1.10. The molecule has 1 aromatic rings. The first-order valence-electron chi connectivity index (χ1n) is 6.38. The maximum Gasteiger partial charge on any atom is 0.173 e. The zero-order valence-corrected chi connectivity index (χ0v) is 11.3. The second kappa shape index (κ2) is 5.88. The number of methoxy groups -OCH3 is 1. The molecule has 1 heterocycles. The first kappa shape index (κ1) is 13.6. The average molecular weight is 264 g/mol. The number of amidine groups is 1. The van der Waals surface area contributed by atoms with Gasteiger partial charge in [0, 0.05) is 25.4 Å². The first-order chi connectivity index (χ1) is 9.17. The normalized spacial score (nSPS) is 15.6. The highest BCUT2D eigenvalue weighted by atomic mass is 16.5. The van der Waals surface area contributed by atoms with Crippen LogP contribution in [0, 0.1) is 6.92 Å². The third-order valence-corrected chi connectivity index (χ3v) is 3.19. The summed E-state index contributed by atoms with van der Waals surface area (Å²) in [5, 5.41) is 12.0. The van der Waals surface area contributed by atoms with Gasteiger partial charge in [-0.1, -0.05) is 5.16 Å². The molecule has 6 heteroatoms. The van der Waals surface area contributed by atoms with Crippen molar-refractivity contribution in [3.8, 4) is 0 Å². The number of rotatable bonds is 6. The third kappa shape index (κ3) is 3.14. The largest absolute Gasteiger partial charge is 0.409 e. The van der Waals surface area contributed by atoms with Crippen LogP contribution in [0.4, 0.5) is 5.82 Å². The van der Waals surface area contributed by atoms with Gasteiger partial charge in [-0.3, -0.25) is 0 Å². The Balaban J connectivity index is 2.36. The van der Waals surface area contributed by atoms with Gasteiger partial charge >= 0.3 is 0 Å². The SMILES string of the molecule is COCCN(c1nc(C)ccc1C(N)=NO)C1CC1. The lowest BCUT2D eigenvalue weighted by molar-refractivity contribution is 0.204. The molecular formula is C13H20N4O2. The fourth-order valence-electron chi connectivity index (χ4n) is 2.05. The fraction of sp³-hybridized carbons (Fsp3) is 0.538. The van der Waals surface area contributed by atoms with E-state index >= 15 is 0 Å². The Labute approximate surface area is 112 Å². The van der Waals surface area contributed by atoms with Gasteiger partial charge in [-0.15, -0.1) is 0 Å². The highest BCUT2D eigenvalue weighted by Gasteiger charge is 2.31. The number of aryl methyl sites for hydroxylation is 1. The summed E-state index contributed by atoms with van der Waals surface area (Å²) in [6.07, 6.45) is 2.30. The molecule has 0 bridgehead atoms. The minimum atomic E-state index is 0.0885. The van der Waals surface area contributed by atoms with E-state index in [9.17, 15) is 0 Å². The summed E-state index contributed by atoms with van der Waals surface area (Å²) in [6.45, 7) is 3.31. The molecule has 104 valence electrons. The Morgan fingerprint density at radius 1 is 1.58 bits per heavy atom. The minimum absolute atomic E-state index is 0.0885. The average Bonchev–Trinajstić information content (AvgIpc) is 3.23. The lowest BCUT2D eigenvalue weighted by Gasteiger charge is -2.25. The van der Waals surface area contributed by atoms with Crippen LogP contribution >= 0.6 is 0 Å². The number of oxime groups is 1. The highest BCUT2D eigenvalue weighted by molar-refractivity contribution is 6.01. The third-order valence-electron chi connectivity index (χ3n) is 3.19. The predicted molar refractivity (Wildman–Crippen MR) is 73.7 cm³/mol. The summed E-state index contributed by atoms with van der Waals surface area (Å²) in [6, 6.07) is 4.18. The zero-order chi connectivity index (χ0) is 13.8. The number of pyridine rings is 1. The van der Waals surface area contributed by atoms with Crippen molar-refractivity contribution >= 4 is 11.7 Å². The van der Waals surface area contributed by atoms with Crippen LogP contribution in [0.5, 0.6) is 0 Å². The molecule has 3 N–H and O–H groups in total. The van der Waals surface area contributed by atoms with Crippen LogP contribution < -0.4 is 10.6 Å². The molecule has 2 rings (SSSR count). The lowest BCUT2D eigenvalue weighted by atomic mass is 10.2. The summed E-state index contributed by atoms with van der Waals surface area (Å²) in [5.41, 5.74) is 7.31. The number of nitrogens with zero attached hydrogens (tertiary/aromatic N) is 3. The number of hydrogen-bond acceptors (Lipinski definition) is 5. The van der Waals surface area contributed by atoms with Gasteiger partial charge in [0.05, 0.1) is 12.2 Å². The van der Waals surface area contributed by atoms with Crippen LogP contribution in [0.2, 0.25) is 0 Å². The topological polar surface area (TPSA) is 84.0 Å². The van der Waals surface area contributed by atoms with Crippen molar-refractivity contribution in [2.75, 3.05) is 25.2 Å². The molecular weight excluding hydrogens is 244 g/mol. The van der Waals surface area contributed by atoms with Crippen LogP contribution in [0.15, 0.2) is 17.3 Å². The molecule has 0 amide bonds. The Kier molecular flexibility index (Phi) is 4.21. The van der Waals surface area contributed by atoms with E-state index in [0.717, 1.165) is 30.9 Å². The molecule has 0 spiro atoms. The van der Waals surface area contributed by atoms with Crippen molar-refractivity contribution in [2.45, 2.75) is 25.8 Å². The van der Waals surface area contributed by atoms with Gasteiger partial charge in [-0.25, -0.2) is 4.98 Å². The summed E-state index contributed by atoms with van der Waals surface area (Å²) >= 11 is 0. The Bertz CT molecular complexity index is 472. The van der Waals surface area contributed by atoms with Crippen LogP contribution in [0.1, 0.15) is 24.1 Å². The standard InChI is InChI=1S/C13H20N4O2/c1-9-3-6-11(12(14)16-18)13(15-9)17(7-8-19-2)10-4-5-10/h3,6,10,18H,4-5,7-8H2,1-2H3,(H2,14,16). The van der Waals surface area contributed by atoms with E-state index < -0.39 is 0 Å². The molecule has 0 saturated heterocycles. The van der Waals surface area contributed by atoms with E-state index in [1.807, 2.05) is 19.1 Å². The summed E-state index contributed by atoms with van der Waals surface area (Å²) in [5.74, 6) is 0.861. The summed E-state index contributed by atoms with van der Waals surface area (Å²) in [7, 11) is 1.68. The van der Waals surface area contributed by atoms with E-state index in [1.54, 1.807) is 7.11 Å². The van der Waals surface area contributed by atoms with Crippen molar-refractivity contribution in [3.63, 3.8) is 0 Å². The van der Waals surface area contributed by atoms with Crippen molar-refractivity contribution in [2.24, 2.45) is 10.9 Å². The molecule has 0 unspecified atom stereocenters. The van der Waals surface area contributed by atoms with E-state index in [1.165, 1.54) is 0 Å². The van der Waals surface area contributed by atoms with E-state index in [0.29, 0.717) is 18.2 Å². The molecule has 1 aromatic heterocycles. The highest BCUT2D eigenvalue weighted by Crippen LogP contribution is 2.32.